The molecule has 0 atom stereocenters. The standard InChI is InChI=1S/C21H20F3N3OS/c22-16-6-15(7-17(23)9-16)12-27-11-14(5-13-3-1-2-4-13)8-18(27)20(28)26-21-25-10-19(24)29-21/h6-11,13H,1-5,12H2,(H,25,26,28). The number of benzene rings is 1. The molecule has 0 radical (unpaired) electrons. The first kappa shape index (κ1) is 19.7. The first-order valence-corrected chi connectivity index (χ1v) is 10.3. The van der Waals surface area contributed by atoms with Gasteiger partial charge in [-0.15, -0.1) is 0 Å². The van der Waals surface area contributed by atoms with Crippen LogP contribution in [-0.4, -0.2) is 15.5 Å². The molecule has 1 N–H and O–H groups in total. The van der Waals surface area contributed by atoms with Gasteiger partial charge in [0.15, 0.2) is 10.3 Å². The van der Waals surface area contributed by atoms with Gasteiger partial charge < -0.3 is 4.57 Å². The number of amides is 1. The zero-order valence-electron chi connectivity index (χ0n) is 15.6. The lowest BCUT2D eigenvalue weighted by atomic mass is 10.00. The molecule has 8 heteroatoms. The molecule has 1 saturated carbocycles. The van der Waals surface area contributed by atoms with Gasteiger partial charge >= 0.3 is 0 Å². The molecule has 0 bridgehead atoms. The number of rotatable bonds is 6. The van der Waals surface area contributed by atoms with Crippen molar-refractivity contribution < 1.29 is 18.0 Å². The molecule has 152 valence electrons. The number of hydrogen-bond donors (Lipinski definition) is 1. The van der Waals surface area contributed by atoms with Gasteiger partial charge in [0, 0.05) is 18.8 Å². The van der Waals surface area contributed by atoms with Crippen molar-refractivity contribution in [3.8, 4) is 0 Å². The predicted molar refractivity (Wildman–Crippen MR) is 106 cm³/mol. The molecule has 1 aromatic carbocycles. The van der Waals surface area contributed by atoms with Gasteiger partial charge in [0.1, 0.15) is 17.3 Å². The van der Waals surface area contributed by atoms with E-state index in [4.69, 9.17) is 0 Å². The van der Waals surface area contributed by atoms with Crippen molar-refractivity contribution in [1.29, 1.82) is 0 Å². The molecule has 0 aliphatic heterocycles. The highest BCUT2D eigenvalue weighted by Crippen LogP contribution is 2.29. The predicted octanol–water partition coefficient (Wildman–Crippen LogP) is 5.40. The number of thiazole rings is 1. The lowest BCUT2D eigenvalue weighted by molar-refractivity contribution is 0.101. The second-order valence-electron chi connectivity index (χ2n) is 7.42. The van der Waals surface area contributed by atoms with Crippen LogP contribution in [0.3, 0.4) is 0 Å². The Morgan fingerprint density at radius 2 is 1.83 bits per heavy atom. The van der Waals surface area contributed by atoms with E-state index in [-0.39, 0.29) is 11.7 Å². The third kappa shape index (κ3) is 4.87. The lowest BCUT2D eigenvalue weighted by Crippen LogP contribution is -2.17. The molecule has 4 rings (SSSR count). The second-order valence-corrected chi connectivity index (χ2v) is 8.40. The summed E-state index contributed by atoms with van der Waals surface area (Å²) < 4.78 is 42.0. The van der Waals surface area contributed by atoms with Crippen LogP contribution >= 0.6 is 11.3 Å². The smallest absolute Gasteiger partial charge is 0.274 e. The minimum absolute atomic E-state index is 0.147. The summed E-state index contributed by atoms with van der Waals surface area (Å²) in [5, 5.41) is 2.26. The average Bonchev–Trinajstić information content (AvgIpc) is 3.37. The number of nitrogens with one attached hydrogen (secondary N) is 1. The molecule has 1 aliphatic rings. The Morgan fingerprint density at radius 3 is 2.48 bits per heavy atom. The molecule has 4 nitrogen and oxygen atoms in total. The summed E-state index contributed by atoms with van der Waals surface area (Å²) in [6.45, 7) is 0.147. The van der Waals surface area contributed by atoms with Crippen molar-refractivity contribution in [1.82, 2.24) is 9.55 Å². The maximum atomic E-state index is 13.6. The molecule has 2 heterocycles. The Bertz CT molecular complexity index is 1000. The van der Waals surface area contributed by atoms with Crippen LogP contribution in [0.1, 0.15) is 47.3 Å². The number of nitrogens with zero attached hydrogens (tertiary/aromatic N) is 2. The van der Waals surface area contributed by atoms with E-state index in [0.717, 1.165) is 35.6 Å². The van der Waals surface area contributed by atoms with Crippen molar-refractivity contribution in [3.05, 3.63) is 70.2 Å². The Balaban J connectivity index is 1.61. The molecule has 3 aromatic rings. The molecule has 0 unspecified atom stereocenters. The first-order chi connectivity index (χ1) is 14.0. The van der Waals surface area contributed by atoms with E-state index in [2.05, 4.69) is 10.3 Å². The average molecular weight is 419 g/mol. The van der Waals surface area contributed by atoms with Crippen LogP contribution < -0.4 is 5.32 Å². The van der Waals surface area contributed by atoms with Crippen molar-refractivity contribution in [2.45, 2.75) is 38.6 Å². The Labute approximate surface area is 170 Å². The van der Waals surface area contributed by atoms with Gasteiger partial charge in [-0.1, -0.05) is 37.0 Å². The summed E-state index contributed by atoms with van der Waals surface area (Å²) in [5.74, 6) is -1.18. The van der Waals surface area contributed by atoms with Crippen molar-refractivity contribution in [3.63, 3.8) is 0 Å². The Morgan fingerprint density at radius 1 is 1.10 bits per heavy atom. The van der Waals surface area contributed by atoms with Crippen molar-refractivity contribution in [2.24, 2.45) is 5.92 Å². The highest BCUT2D eigenvalue weighted by molar-refractivity contribution is 7.14. The zero-order valence-corrected chi connectivity index (χ0v) is 16.4. The highest BCUT2D eigenvalue weighted by atomic mass is 32.1. The van der Waals surface area contributed by atoms with Crippen LogP contribution in [0.4, 0.5) is 18.3 Å². The lowest BCUT2D eigenvalue weighted by Gasteiger charge is -2.09. The largest absolute Gasteiger partial charge is 0.339 e. The summed E-state index contributed by atoms with van der Waals surface area (Å²) in [4.78, 5) is 16.6. The molecule has 2 aromatic heterocycles. The van der Waals surface area contributed by atoms with Gasteiger partial charge in [0.25, 0.3) is 5.91 Å². The number of hydrogen-bond acceptors (Lipinski definition) is 3. The highest BCUT2D eigenvalue weighted by Gasteiger charge is 2.20. The van der Waals surface area contributed by atoms with Crippen molar-refractivity contribution >= 4 is 22.4 Å². The normalized spacial score (nSPS) is 14.4. The molecule has 0 spiro atoms. The van der Waals surface area contributed by atoms with Gasteiger partial charge in [-0.2, -0.15) is 4.39 Å². The zero-order chi connectivity index (χ0) is 20.4. The van der Waals surface area contributed by atoms with Crippen LogP contribution in [0.15, 0.2) is 36.7 Å². The van der Waals surface area contributed by atoms with E-state index in [1.807, 2.05) is 6.20 Å². The van der Waals surface area contributed by atoms with E-state index >= 15 is 0 Å². The maximum Gasteiger partial charge on any atom is 0.274 e. The van der Waals surface area contributed by atoms with Gasteiger partial charge in [-0.3, -0.25) is 10.1 Å². The molecule has 1 aliphatic carbocycles. The van der Waals surface area contributed by atoms with Crippen LogP contribution in [0.5, 0.6) is 0 Å². The minimum atomic E-state index is -0.664. The fourth-order valence-corrected chi connectivity index (χ4v) is 4.46. The topological polar surface area (TPSA) is 46.9 Å². The summed E-state index contributed by atoms with van der Waals surface area (Å²) >= 11 is 0.739. The number of anilines is 1. The summed E-state index contributed by atoms with van der Waals surface area (Å²) in [5.41, 5.74) is 1.77. The van der Waals surface area contributed by atoms with Crippen molar-refractivity contribution in [2.75, 3.05) is 5.32 Å². The quantitative estimate of drug-likeness (QED) is 0.582. The summed E-state index contributed by atoms with van der Waals surface area (Å²) in [6.07, 6.45) is 8.53. The van der Waals surface area contributed by atoms with Gasteiger partial charge in [0.05, 0.1) is 6.20 Å². The molecule has 29 heavy (non-hydrogen) atoms. The third-order valence-electron chi connectivity index (χ3n) is 5.16. The summed E-state index contributed by atoms with van der Waals surface area (Å²) in [7, 11) is 0. The van der Waals surface area contributed by atoms with Gasteiger partial charge in [-0.05, 0) is 41.7 Å². The second kappa shape index (κ2) is 8.41. The fourth-order valence-electron chi connectivity index (χ4n) is 3.92. The minimum Gasteiger partial charge on any atom is -0.339 e. The van der Waals surface area contributed by atoms with E-state index in [0.29, 0.717) is 17.2 Å². The molecule has 1 amide bonds. The SMILES string of the molecule is O=C(Nc1ncc(F)s1)c1cc(CC2CCCC2)cn1Cc1cc(F)cc(F)c1. The van der Waals surface area contributed by atoms with E-state index in [1.165, 1.54) is 37.8 Å². The first-order valence-electron chi connectivity index (χ1n) is 9.53. The van der Waals surface area contributed by atoms with E-state index in [1.54, 1.807) is 10.6 Å². The van der Waals surface area contributed by atoms with Gasteiger partial charge in [0.2, 0.25) is 0 Å². The molecular weight excluding hydrogens is 399 g/mol. The third-order valence-corrected chi connectivity index (χ3v) is 5.86. The Kier molecular flexibility index (Phi) is 5.71. The molecular formula is C21H20F3N3OS. The van der Waals surface area contributed by atoms with Crippen LogP contribution in [-0.2, 0) is 13.0 Å². The monoisotopic (exact) mass is 419 g/mol. The summed E-state index contributed by atoms with van der Waals surface area (Å²) in [6, 6.07) is 5.11. The number of halogens is 3. The van der Waals surface area contributed by atoms with Crippen LogP contribution in [0.2, 0.25) is 0 Å². The number of carbonyl (C=O) groups is 1. The van der Waals surface area contributed by atoms with E-state index in [9.17, 15) is 18.0 Å². The van der Waals surface area contributed by atoms with Gasteiger partial charge in [-0.25, -0.2) is 13.8 Å². The van der Waals surface area contributed by atoms with Crippen LogP contribution in [0.25, 0.3) is 0 Å². The Hall–Kier alpha value is -2.61. The molecule has 1 fully saturated rings. The molecule has 0 saturated heterocycles. The number of aromatic nitrogens is 2. The van der Waals surface area contributed by atoms with Crippen LogP contribution in [0, 0.1) is 22.7 Å². The number of carbonyl (C=O) groups excluding carboxylic acids is 1. The fraction of sp³-hybridized carbons (Fsp3) is 0.333. The maximum absolute atomic E-state index is 13.6. The van der Waals surface area contributed by atoms with E-state index < -0.39 is 22.7 Å².